The number of carbonyl (C=O) groups is 2. The van der Waals surface area contributed by atoms with Crippen LogP contribution in [-0.2, 0) is 14.3 Å². The largest absolute Gasteiger partial charge is 0.481 e. The molecule has 98 valence electrons. The number of carboxylic acids is 1. The van der Waals surface area contributed by atoms with E-state index >= 15 is 0 Å². The Hall–Kier alpha value is -1.30. The molecule has 0 radical (unpaired) electrons. The number of nitrogens with one attached hydrogen (secondary N) is 1. The van der Waals surface area contributed by atoms with Crippen LogP contribution in [0.1, 0.15) is 27.2 Å². The van der Waals surface area contributed by atoms with Gasteiger partial charge >= 0.3 is 12.1 Å². The van der Waals surface area contributed by atoms with Gasteiger partial charge in [0.15, 0.2) is 0 Å². The first kappa shape index (κ1) is 13.8. The summed E-state index contributed by atoms with van der Waals surface area (Å²) in [4.78, 5) is 22.2. The highest BCUT2D eigenvalue weighted by molar-refractivity contribution is 5.71. The molecule has 0 saturated carbocycles. The van der Waals surface area contributed by atoms with Gasteiger partial charge in [-0.05, 0) is 27.2 Å². The number of aliphatic carboxylic acids is 1. The second kappa shape index (κ2) is 5.35. The number of hydrogen-bond acceptors (Lipinski definition) is 4. The molecule has 0 aliphatic carbocycles. The third-order valence-corrected chi connectivity index (χ3v) is 2.37. The standard InChI is InChI=1S/C11H19NO5/c1-11(2,3)17-10(15)12-6-8-7(9(13)14)4-5-16-8/h7-8H,4-6H2,1-3H3,(H,12,15)(H,13,14). The van der Waals surface area contributed by atoms with E-state index in [1.165, 1.54) is 0 Å². The van der Waals surface area contributed by atoms with Crippen molar-refractivity contribution < 1.29 is 24.2 Å². The van der Waals surface area contributed by atoms with Crippen LogP contribution in [0.15, 0.2) is 0 Å². The highest BCUT2D eigenvalue weighted by Crippen LogP contribution is 2.20. The number of rotatable bonds is 3. The Morgan fingerprint density at radius 2 is 2.12 bits per heavy atom. The molecule has 1 heterocycles. The predicted octanol–water partition coefficient (Wildman–Crippen LogP) is 1.00. The van der Waals surface area contributed by atoms with Crippen molar-refractivity contribution in [1.29, 1.82) is 0 Å². The minimum absolute atomic E-state index is 0.159. The van der Waals surface area contributed by atoms with E-state index in [9.17, 15) is 9.59 Å². The third kappa shape index (κ3) is 4.60. The molecule has 2 atom stereocenters. The van der Waals surface area contributed by atoms with Gasteiger partial charge in [-0.25, -0.2) is 4.79 Å². The van der Waals surface area contributed by atoms with E-state index in [4.69, 9.17) is 14.6 Å². The first-order valence-electron chi connectivity index (χ1n) is 5.61. The molecular formula is C11H19NO5. The molecule has 1 saturated heterocycles. The molecule has 6 nitrogen and oxygen atoms in total. The molecule has 0 aromatic heterocycles. The summed E-state index contributed by atoms with van der Waals surface area (Å²) in [6.45, 7) is 5.86. The lowest BCUT2D eigenvalue weighted by Gasteiger charge is -2.21. The first-order chi connectivity index (χ1) is 7.79. The van der Waals surface area contributed by atoms with Gasteiger partial charge in [0.25, 0.3) is 0 Å². The van der Waals surface area contributed by atoms with E-state index in [1.807, 2.05) is 0 Å². The van der Waals surface area contributed by atoms with Crippen LogP contribution < -0.4 is 5.32 Å². The van der Waals surface area contributed by atoms with Gasteiger partial charge in [0, 0.05) is 13.2 Å². The van der Waals surface area contributed by atoms with Crippen LogP contribution >= 0.6 is 0 Å². The van der Waals surface area contributed by atoms with Crippen molar-refractivity contribution in [2.24, 2.45) is 5.92 Å². The zero-order chi connectivity index (χ0) is 13.1. The highest BCUT2D eigenvalue weighted by atomic mass is 16.6. The SMILES string of the molecule is CC(C)(C)OC(=O)NCC1OCCC1C(=O)O. The molecule has 1 rings (SSSR count). The average Bonchev–Trinajstić information content (AvgIpc) is 2.59. The molecule has 1 fully saturated rings. The summed E-state index contributed by atoms with van der Waals surface area (Å²) in [5.41, 5.74) is -0.563. The second-order valence-corrected chi connectivity index (χ2v) is 5.03. The van der Waals surface area contributed by atoms with Crippen LogP contribution in [0.4, 0.5) is 4.79 Å². The Kier molecular flexibility index (Phi) is 4.34. The fraction of sp³-hybridized carbons (Fsp3) is 0.818. The molecule has 17 heavy (non-hydrogen) atoms. The fourth-order valence-electron chi connectivity index (χ4n) is 1.63. The average molecular weight is 245 g/mol. The number of amides is 1. The van der Waals surface area contributed by atoms with Gasteiger partial charge in [-0.3, -0.25) is 4.79 Å². The topological polar surface area (TPSA) is 84.9 Å². The van der Waals surface area contributed by atoms with Gasteiger partial charge in [-0.1, -0.05) is 0 Å². The van der Waals surface area contributed by atoms with E-state index in [0.717, 1.165) is 0 Å². The van der Waals surface area contributed by atoms with Crippen LogP contribution in [0.5, 0.6) is 0 Å². The highest BCUT2D eigenvalue weighted by Gasteiger charge is 2.34. The molecule has 0 aromatic carbocycles. The van der Waals surface area contributed by atoms with E-state index in [-0.39, 0.29) is 6.54 Å². The van der Waals surface area contributed by atoms with Crippen LogP contribution in [0.2, 0.25) is 0 Å². The first-order valence-corrected chi connectivity index (χ1v) is 5.61. The Morgan fingerprint density at radius 3 is 2.65 bits per heavy atom. The quantitative estimate of drug-likeness (QED) is 0.774. The van der Waals surface area contributed by atoms with Crippen molar-refractivity contribution >= 4 is 12.1 Å². The van der Waals surface area contributed by atoms with Crippen molar-refractivity contribution in [3.05, 3.63) is 0 Å². The van der Waals surface area contributed by atoms with Crippen molar-refractivity contribution in [3.63, 3.8) is 0 Å². The Balaban J connectivity index is 2.35. The summed E-state index contributed by atoms with van der Waals surface area (Å²) >= 11 is 0. The minimum atomic E-state index is -0.890. The van der Waals surface area contributed by atoms with Crippen molar-refractivity contribution in [3.8, 4) is 0 Å². The predicted molar refractivity (Wildman–Crippen MR) is 59.7 cm³/mol. The van der Waals surface area contributed by atoms with Crippen molar-refractivity contribution in [1.82, 2.24) is 5.32 Å². The van der Waals surface area contributed by atoms with Crippen LogP contribution in [0, 0.1) is 5.92 Å². The van der Waals surface area contributed by atoms with Gasteiger partial charge in [-0.2, -0.15) is 0 Å². The fourth-order valence-corrected chi connectivity index (χ4v) is 1.63. The van der Waals surface area contributed by atoms with E-state index in [1.54, 1.807) is 20.8 Å². The zero-order valence-electron chi connectivity index (χ0n) is 10.4. The van der Waals surface area contributed by atoms with E-state index in [2.05, 4.69) is 5.32 Å². The summed E-state index contributed by atoms with van der Waals surface area (Å²) in [7, 11) is 0. The Labute approximate surface area is 100 Å². The summed E-state index contributed by atoms with van der Waals surface area (Å²) in [5.74, 6) is -1.44. The normalized spacial score (nSPS) is 24.4. The molecule has 1 amide bonds. The summed E-state index contributed by atoms with van der Waals surface area (Å²) < 4.78 is 10.3. The van der Waals surface area contributed by atoms with Crippen LogP contribution in [0.25, 0.3) is 0 Å². The number of hydrogen-bond donors (Lipinski definition) is 2. The Morgan fingerprint density at radius 1 is 1.47 bits per heavy atom. The van der Waals surface area contributed by atoms with Gasteiger partial charge in [0.1, 0.15) is 5.60 Å². The number of alkyl carbamates (subject to hydrolysis) is 1. The summed E-state index contributed by atoms with van der Waals surface area (Å²) in [6.07, 6.45) is -0.548. The maximum Gasteiger partial charge on any atom is 0.407 e. The van der Waals surface area contributed by atoms with Gasteiger partial charge in [0.2, 0.25) is 0 Å². The maximum absolute atomic E-state index is 11.4. The zero-order valence-corrected chi connectivity index (χ0v) is 10.4. The second-order valence-electron chi connectivity index (χ2n) is 5.03. The molecule has 0 aromatic rings. The molecule has 1 aliphatic rings. The lowest BCUT2D eigenvalue weighted by Crippen LogP contribution is -2.40. The molecule has 0 bridgehead atoms. The van der Waals surface area contributed by atoms with E-state index < -0.39 is 29.7 Å². The lowest BCUT2D eigenvalue weighted by molar-refractivity contribution is -0.143. The van der Waals surface area contributed by atoms with Gasteiger partial charge in [0.05, 0.1) is 12.0 Å². The molecular weight excluding hydrogens is 226 g/mol. The summed E-state index contributed by atoms with van der Waals surface area (Å²) in [6, 6.07) is 0. The minimum Gasteiger partial charge on any atom is -0.481 e. The smallest absolute Gasteiger partial charge is 0.407 e. The molecule has 2 unspecified atom stereocenters. The van der Waals surface area contributed by atoms with Crippen LogP contribution in [0.3, 0.4) is 0 Å². The van der Waals surface area contributed by atoms with Crippen LogP contribution in [-0.4, -0.2) is 42.0 Å². The monoisotopic (exact) mass is 245 g/mol. The lowest BCUT2D eigenvalue weighted by atomic mass is 10.0. The summed E-state index contributed by atoms with van der Waals surface area (Å²) in [5, 5.41) is 11.4. The number of carbonyl (C=O) groups excluding carboxylic acids is 1. The molecule has 6 heteroatoms. The molecule has 1 aliphatic heterocycles. The van der Waals surface area contributed by atoms with Crippen molar-refractivity contribution in [2.75, 3.05) is 13.2 Å². The molecule has 0 spiro atoms. The van der Waals surface area contributed by atoms with Crippen molar-refractivity contribution in [2.45, 2.75) is 38.9 Å². The Bertz CT molecular complexity index is 297. The third-order valence-electron chi connectivity index (χ3n) is 2.37. The van der Waals surface area contributed by atoms with Gasteiger partial charge < -0.3 is 19.9 Å². The molecule has 2 N–H and O–H groups in total. The van der Waals surface area contributed by atoms with E-state index in [0.29, 0.717) is 13.0 Å². The maximum atomic E-state index is 11.4. The van der Waals surface area contributed by atoms with Gasteiger partial charge in [-0.15, -0.1) is 0 Å². The number of ether oxygens (including phenoxy) is 2. The number of carboxylic acid groups (broad SMARTS) is 1.